The minimum absolute atomic E-state index is 0.306. The number of nitrogens with zero attached hydrogens (tertiary/aromatic N) is 5. The van der Waals surface area contributed by atoms with Crippen molar-refractivity contribution in [1.29, 1.82) is 5.26 Å². The van der Waals surface area contributed by atoms with Gasteiger partial charge in [-0.05, 0) is 63.6 Å². The molecule has 206 valence electrons. The summed E-state index contributed by atoms with van der Waals surface area (Å²) in [6.07, 6.45) is 7.17. The lowest BCUT2D eigenvalue weighted by Crippen LogP contribution is -2.71. The van der Waals surface area contributed by atoms with Crippen LogP contribution in [0.1, 0.15) is 31.4 Å². The second-order valence-corrected chi connectivity index (χ2v) is 11.0. The first-order valence-electron chi connectivity index (χ1n) is 13.0. The zero-order valence-corrected chi connectivity index (χ0v) is 23.2. The Bertz CT molecular complexity index is 1580. The highest BCUT2D eigenvalue weighted by Gasteiger charge is 2.57. The highest BCUT2D eigenvalue weighted by atomic mass is 32.1. The molecule has 5 rings (SSSR count). The average Bonchev–Trinajstić information content (AvgIpc) is 3.42. The number of anilines is 1. The van der Waals surface area contributed by atoms with Gasteiger partial charge in [0.05, 0.1) is 38.3 Å². The number of pyridine rings is 1. The summed E-state index contributed by atoms with van der Waals surface area (Å²) >= 11 is 1.44. The van der Waals surface area contributed by atoms with Gasteiger partial charge in [-0.1, -0.05) is 0 Å². The molecule has 3 atom stereocenters. The highest BCUT2D eigenvalue weighted by molar-refractivity contribution is 7.17. The van der Waals surface area contributed by atoms with Crippen molar-refractivity contribution in [3.8, 4) is 17.3 Å². The molecule has 4 N–H and O–H groups in total. The van der Waals surface area contributed by atoms with E-state index in [1.54, 1.807) is 55.0 Å². The van der Waals surface area contributed by atoms with Crippen LogP contribution in [-0.4, -0.2) is 58.7 Å². The minimum Gasteiger partial charge on any atom is -0.481 e. The van der Waals surface area contributed by atoms with Crippen LogP contribution in [0.25, 0.3) is 21.5 Å². The first-order chi connectivity index (χ1) is 19.2. The molecular formula is C28H30N8O3S. The van der Waals surface area contributed by atoms with E-state index in [4.69, 9.17) is 4.99 Å². The molecule has 1 fully saturated rings. The maximum Gasteiger partial charge on any atom is 0.318 e. The van der Waals surface area contributed by atoms with Crippen LogP contribution >= 0.6 is 11.3 Å². The molecule has 2 aliphatic rings. The number of fused-ring (bicyclic) bond motifs is 1. The number of piperidine rings is 1. The van der Waals surface area contributed by atoms with Crippen molar-refractivity contribution in [2.24, 2.45) is 16.3 Å². The Morgan fingerprint density at radius 2 is 2.15 bits per heavy atom. The van der Waals surface area contributed by atoms with Crippen LogP contribution < -0.4 is 20.9 Å². The number of amides is 2. The lowest BCUT2D eigenvalue weighted by Gasteiger charge is -2.52. The molecule has 1 aromatic carbocycles. The molecule has 2 amide bonds. The molecule has 4 heterocycles. The maximum atomic E-state index is 13.1. The van der Waals surface area contributed by atoms with Gasteiger partial charge < -0.3 is 20.6 Å². The first-order valence-corrected chi connectivity index (χ1v) is 13.9. The Kier molecular flexibility index (Phi) is 7.27. The predicted molar refractivity (Wildman–Crippen MR) is 154 cm³/mol. The fourth-order valence-corrected chi connectivity index (χ4v) is 6.31. The molecule has 2 aromatic heterocycles. The first kappa shape index (κ1) is 27.2. The second kappa shape index (κ2) is 10.7. The largest absolute Gasteiger partial charge is 0.481 e. The van der Waals surface area contributed by atoms with Gasteiger partial charge in [0.1, 0.15) is 6.07 Å². The monoisotopic (exact) mass is 558 g/mol. The van der Waals surface area contributed by atoms with E-state index in [-0.39, 0.29) is 0 Å². The number of hydrogen-bond donors (Lipinski definition) is 4. The summed E-state index contributed by atoms with van der Waals surface area (Å²) in [5.74, 6) is -3.12. The number of aliphatic imine (C=N–C) groups is 1. The van der Waals surface area contributed by atoms with Gasteiger partial charge in [0, 0.05) is 43.0 Å². The number of carboxylic acid groups (broad SMARTS) is 1. The SMILES string of the molecule is CCNC(=O)NC1(C2CNCCC2(C)C(=O)O)N=CC=CN1c1cc(-c2ncc(C)cc2C#N)c2scnc2c1. The summed E-state index contributed by atoms with van der Waals surface area (Å²) in [5, 5.41) is 29.4. The van der Waals surface area contributed by atoms with E-state index in [1.807, 2.05) is 19.1 Å². The van der Waals surface area contributed by atoms with Gasteiger partial charge in [-0.25, -0.2) is 14.8 Å². The molecule has 40 heavy (non-hydrogen) atoms. The number of aliphatic carboxylic acids is 1. The molecule has 3 unspecified atom stereocenters. The number of carbonyl (C=O) groups excluding carboxylic acids is 1. The maximum absolute atomic E-state index is 13.1. The number of urea groups is 1. The zero-order valence-electron chi connectivity index (χ0n) is 22.4. The molecule has 0 aliphatic carbocycles. The number of rotatable bonds is 6. The van der Waals surface area contributed by atoms with Crippen molar-refractivity contribution in [2.75, 3.05) is 24.5 Å². The fraction of sp³-hybridized carbons (Fsp3) is 0.357. The summed E-state index contributed by atoms with van der Waals surface area (Å²) < 4.78 is 0.859. The summed E-state index contributed by atoms with van der Waals surface area (Å²) in [6, 6.07) is 7.35. The fourth-order valence-electron chi connectivity index (χ4n) is 5.52. The Morgan fingerprint density at radius 3 is 2.90 bits per heavy atom. The van der Waals surface area contributed by atoms with Crippen molar-refractivity contribution in [3.05, 3.63) is 53.3 Å². The standard InChI is InChI=1S/C28H30N8O3S/c1-4-31-26(39)35-28(22-15-30-8-6-27(22,3)25(37)38)34-7-5-9-36(28)19-11-20(24-21(12-19)33-16-40-24)23-18(13-29)10-17(2)14-32-23/h5,7,9-12,14,16,22,30H,4,6,8,15H2,1-3H3,(H,37,38)(H2,31,35,39). The van der Waals surface area contributed by atoms with Crippen LogP contribution in [0.15, 0.2) is 47.2 Å². The number of allylic oxidation sites excluding steroid dienone is 1. The van der Waals surface area contributed by atoms with Crippen LogP contribution in [-0.2, 0) is 4.79 Å². The van der Waals surface area contributed by atoms with E-state index in [0.717, 1.165) is 10.3 Å². The number of aryl methyl sites for hydroxylation is 1. The van der Waals surface area contributed by atoms with Gasteiger partial charge >= 0.3 is 12.0 Å². The van der Waals surface area contributed by atoms with Gasteiger partial charge in [0.15, 0.2) is 0 Å². The Balaban J connectivity index is 1.74. The van der Waals surface area contributed by atoms with E-state index < -0.39 is 29.1 Å². The van der Waals surface area contributed by atoms with Crippen molar-refractivity contribution in [3.63, 3.8) is 0 Å². The minimum atomic E-state index is -1.49. The highest BCUT2D eigenvalue weighted by Crippen LogP contribution is 2.46. The molecule has 11 nitrogen and oxygen atoms in total. The molecule has 0 radical (unpaired) electrons. The van der Waals surface area contributed by atoms with Crippen molar-refractivity contribution in [1.82, 2.24) is 25.9 Å². The smallest absolute Gasteiger partial charge is 0.318 e. The predicted octanol–water partition coefficient (Wildman–Crippen LogP) is 3.62. The van der Waals surface area contributed by atoms with Crippen LogP contribution in [0.2, 0.25) is 0 Å². The van der Waals surface area contributed by atoms with Crippen LogP contribution in [0.5, 0.6) is 0 Å². The van der Waals surface area contributed by atoms with Gasteiger partial charge in [-0.15, -0.1) is 11.3 Å². The topological polar surface area (TPSA) is 156 Å². The number of nitriles is 1. The normalized spacial score (nSPS) is 24.1. The summed E-state index contributed by atoms with van der Waals surface area (Å²) in [4.78, 5) is 41.6. The third-order valence-electron chi connectivity index (χ3n) is 7.60. The number of thiazole rings is 1. The average molecular weight is 559 g/mol. The number of hydrogen-bond acceptors (Lipinski definition) is 9. The quantitative estimate of drug-likeness (QED) is 0.358. The van der Waals surface area contributed by atoms with E-state index >= 15 is 0 Å². The number of carbonyl (C=O) groups is 2. The molecule has 2 aliphatic heterocycles. The number of carboxylic acids is 1. The molecule has 0 saturated carbocycles. The Labute approximate surface area is 235 Å². The van der Waals surface area contributed by atoms with Crippen LogP contribution in [0, 0.1) is 29.6 Å². The lowest BCUT2D eigenvalue weighted by atomic mass is 9.68. The van der Waals surface area contributed by atoms with Crippen molar-refractivity contribution >= 4 is 45.5 Å². The molecule has 12 heteroatoms. The van der Waals surface area contributed by atoms with Gasteiger partial charge in [0.2, 0.25) is 5.79 Å². The molecular weight excluding hydrogens is 528 g/mol. The van der Waals surface area contributed by atoms with Crippen molar-refractivity contribution in [2.45, 2.75) is 33.0 Å². The third kappa shape index (κ3) is 4.57. The third-order valence-corrected chi connectivity index (χ3v) is 8.48. The summed E-state index contributed by atoms with van der Waals surface area (Å²) in [7, 11) is 0. The van der Waals surface area contributed by atoms with E-state index in [0.29, 0.717) is 54.1 Å². The van der Waals surface area contributed by atoms with Gasteiger partial charge in [0.25, 0.3) is 0 Å². The number of benzene rings is 1. The zero-order chi connectivity index (χ0) is 28.5. The Morgan fingerprint density at radius 1 is 1.32 bits per heavy atom. The van der Waals surface area contributed by atoms with Crippen LogP contribution in [0.4, 0.5) is 10.5 Å². The lowest BCUT2D eigenvalue weighted by molar-refractivity contribution is -0.155. The van der Waals surface area contributed by atoms with E-state index in [2.05, 4.69) is 32.0 Å². The number of aromatic nitrogens is 2. The molecule has 0 bridgehead atoms. The van der Waals surface area contributed by atoms with Crippen LogP contribution in [0.3, 0.4) is 0 Å². The summed E-state index contributed by atoms with van der Waals surface area (Å²) in [6.45, 7) is 6.61. The van der Waals surface area contributed by atoms with Gasteiger partial charge in [-0.2, -0.15) is 5.26 Å². The second-order valence-electron chi connectivity index (χ2n) is 10.1. The molecule has 3 aromatic rings. The molecule has 0 spiro atoms. The van der Waals surface area contributed by atoms with Gasteiger partial charge in [-0.3, -0.25) is 15.1 Å². The molecule has 1 saturated heterocycles. The summed E-state index contributed by atoms with van der Waals surface area (Å²) in [5.41, 5.74) is 4.36. The van der Waals surface area contributed by atoms with E-state index in [1.165, 1.54) is 11.3 Å². The Hall–Kier alpha value is -4.34. The van der Waals surface area contributed by atoms with E-state index in [9.17, 15) is 20.0 Å². The number of nitrogens with one attached hydrogen (secondary N) is 3. The van der Waals surface area contributed by atoms with Crippen molar-refractivity contribution < 1.29 is 14.7 Å².